The van der Waals surface area contributed by atoms with Gasteiger partial charge in [-0.25, -0.2) is 4.98 Å². The van der Waals surface area contributed by atoms with Gasteiger partial charge in [0, 0.05) is 11.6 Å². The van der Waals surface area contributed by atoms with Gasteiger partial charge in [0.05, 0.1) is 28.2 Å². The van der Waals surface area contributed by atoms with Gasteiger partial charge in [0.2, 0.25) is 0 Å². The van der Waals surface area contributed by atoms with Gasteiger partial charge < -0.3 is 5.73 Å². The number of aromatic nitrogens is 2. The molecule has 0 amide bonds. The maximum Gasteiger partial charge on any atom is 0.265 e. The number of fused-ring (bicyclic) bond motifs is 1. The van der Waals surface area contributed by atoms with Crippen LogP contribution in [0.1, 0.15) is 36.7 Å². The van der Waals surface area contributed by atoms with Crippen molar-refractivity contribution in [1.82, 2.24) is 9.55 Å². The molecule has 0 radical (unpaired) electrons. The summed E-state index contributed by atoms with van der Waals surface area (Å²) in [6.45, 7) is 5.87. The van der Waals surface area contributed by atoms with E-state index in [2.05, 4.69) is 6.07 Å². The Labute approximate surface area is 140 Å². The summed E-state index contributed by atoms with van der Waals surface area (Å²) in [6, 6.07) is 12.5. The first-order chi connectivity index (χ1) is 11.4. The van der Waals surface area contributed by atoms with E-state index in [1.54, 1.807) is 41.0 Å². The Morgan fingerprint density at radius 2 is 1.83 bits per heavy atom. The topological polar surface area (TPSA) is 84.7 Å². The summed E-state index contributed by atoms with van der Waals surface area (Å²) in [6.07, 6.45) is 0. The molecule has 0 atom stereocenters. The molecular formula is C19H18N4O. The van der Waals surface area contributed by atoms with Crippen LogP contribution in [0.15, 0.2) is 41.2 Å². The number of hydrogen-bond acceptors (Lipinski definition) is 4. The van der Waals surface area contributed by atoms with Gasteiger partial charge in [-0.15, -0.1) is 0 Å². The van der Waals surface area contributed by atoms with Crippen molar-refractivity contribution in [3.63, 3.8) is 0 Å². The van der Waals surface area contributed by atoms with Gasteiger partial charge in [0.15, 0.2) is 0 Å². The molecule has 2 aromatic carbocycles. The minimum atomic E-state index is -0.128. The fourth-order valence-corrected chi connectivity index (χ4v) is 2.74. The normalized spacial score (nSPS) is 11.0. The molecule has 1 aromatic heterocycles. The molecule has 0 saturated carbocycles. The van der Waals surface area contributed by atoms with Crippen LogP contribution in [0, 0.1) is 18.3 Å². The molecule has 0 aliphatic rings. The molecule has 2 N–H and O–H groups in total. The van der Waals surface area contributed by atoms with E-state index in [9.17, 15) is 4.79 Å². The van der Waals surface area contributed by atoms with Gasteiger partial charge in [-0.05, 0) is 48.9 Å². The van der Waals surface area contributed by atoms with Gasteiger partial charge in [-0.2, -0.15) is 5.26 Å². The molecule has 3 aromatic rings. The lowest BCUT2D eigenvalue weighted by atomic mass is 10.1. The summed E-state index contributed by atoms with van der Waals surface area (Å²) in [5, 5.41) is 9.49. The van der Waals surface area contributed by atoms with E-state index >= 15 is 0 Å². The van der Waals surface area contributed by atoms with Gasteiger partial charge in [0.1, 0.15) is 5.82 Å². The maximum absolute atomic E-state index is 13.1. The molecule has 5 heteroatoms. The number of nitrogens with zero attached hydrogens (tertiary/aromatic N) is 3. The summed E-state index contributed by atoms with van der Waals surface area (Å²) in [5.74, 6) is 0.726. The van der Waals surface area contributed by atoms with Gasteiger partial charge in [-0.3, -0.25) is 9.36 Å². The highest BCUT2D eigenvalue weighted by Gasteiger charge is 2.17. The molecule has 5 nitrogen and oxygen atoms in total. The van der Waals surface area contributed by atoms with Crippen molar-refractivity contribution in [2.45, 2.75) is 26.7 Å². The van der Waals surface area contributed by atoms with Crippen LogP contribution in [-0.4, -0.2) is 9.55 Å². The number of hydrogen-bond donors (Lipinski definition) is 1. The van der Waals surface area contributed by atoms with Crippen LogP contribution in [0.2, 0.25) is 0 Å². The number of rotatable bonds is 2. The van der Waals surface area contributed by atoms with Crippen LogP contribution in [0.3, 0.4) is 0 Å². The number of nitrogen functional groups attached to an aromatic ring is 1. The van der Waals surface area contributed by atoms with E-state index in [-0.39, 0.29) is 11.5 Å². The number of nitriles is 1. The average molecular weight is 318 g/mol. The molecule has 1 heterocycles. The summed E-state index contributed by atoms with van der Waals surface area (Å²) in [7, 11) is 0. The molecule has 0 saturated heterocycles. The highest BCUT2D eigenvalue weighted by atomic mass is 16.1. The quantitative estimate of drug-likeness (QED) is 0.735. The fourth-order valence-electron chi connectivity index (χ4n) is 2.74. The Morgan fingerprint density at radius 3 is 2.42 bits per heavy atom. The van der Waals surface area contributed by atoms with Crippen LogP contribution >= 0.6 is 0 Å². The van der Waals surface area contributed by atoms with Crippen LogP contribution in [0.4, 0.5) is 5.69 Å². The van der Waals surface area contributed by atoms with Crippen molar-refractivity contribution in [1.29, 1.82) is 5.26 Å². The molecule has 0 aliphatic heterocycles. The largest absolute Gasteiger partial charge is 0.398 e. The highest BCUT2D eigenvalue weighted by Crippen LogP contribution is 2.23. The van der Waals surface area contributed by atoms with Crippen molar-refractivity contribution in [2.24, 2.45) is 0 Å². The first kappa shape index (κ1) is 15.8. The van der Waals surface area contributed by atoms with Crippen LogP contribution in [0.5, 0.6) is 0 Å². The molecule has 0 aliphatic carbocycles. The maximum atomic E-state index is 13.1. The standard InChI is InChI=1S/C19H18N4O/c1-11(2)18-22-17-12(3)16(21)9-8-15(17)19(24)23(18)14-6-4-13(10-20)5-7-14/h4-9,11H,21H2,1-3H3. The van der Waals surface area contributed by atoms with Crippen molar-refractivity contribution in [3.8, 4) is 11.8 Å². The van der Waals surface area contributed by atoms with Crippen LogP contribution in [-0.2, 0) is 0 Å². The van der Waals surface area contributed by atoms with Gasteiger partial charge in [0.25, 0.3) is 5.56 Å². The molecular weight excluding hydrogens is 300 g/mol. The van der Waals surface area contributed by atoms with E-state index in [0.717, 1.165) is 5.56 Å². The second-order valence-electron chi connectivity index (χ2n) is 6.10. The lowest BCUT2D eigenvalue weighted by Gasteiger charge is -2.17. The van der Waals surface area contributed by atoms with Crippen molar-refractivity contribution in [2.75, 3.05) is 5.73 Å². The van der Waals surface area contributed by atoms with E-state index in [0.29, 0.717) is 33.7 Å². The number of benzene rings is 2. The predicted octanol–water partition coefficient (Wildman–Crippen LogP) is 3.27. The number of anilines is 1. The first-order valence-electron chi connectivity index (χ1n) is 7.76. The minimum absolute atomic E-state index is 0.0542. The third-order valence-corrected chi connectivity index (χ3v) is 4.13. The average Bonchev–Trinajstić information content (AvgIpc) is 2.58. The Bertz CT molecular complexity index is 1020. The van der Waals surface area contributed by atoms with Crippen LogP contribution in [0.25, 0.3) is 16.6 Å². The van der Waals surface area contributed by atoms with E-state index < -0.39 is 0 Å². The molecule has 0 spiro atoms. The SMILES string of the molecule is Cc1c(N)ccc2c(=O)n(-c3ccc(C#N)cc3)c(C(C)C)nc12. The summed E-state index contributed by atoms with van der Waals surface area (Å²) >= 11 is 0. The van der Waals surface area contributed by atoms with Crippen molar-refractivity contribution >= 4 is 16.6 Å². The van der Waals surface area contributed by atoms with Crippen molar-refractivity contribution < 1.29 is 0 Å². The third-order valence-electron chi connectivity index (χ3n) is 4.13. The predicted molar refractivity (Wildman–Crippen MR) is 95.3 cm³/mol. The molecule has 120 valence electrons. The minimum Gasteiger partial charge on any atom is -0.398 e. The molecule has 24 heavy (non-hydrogen) atoms. The molecule has 0 unspecified atom stereocenters. The lowest BCUT2D eigenvalue weighted by molar-refractivity contribution is 0.722. The zero-order valence-corrected chi connectivity index (χ0v) is 13.9. The van der Waals surface area contributed by atoms with E-state index in [1.165, 1.54) is 0 Å². The van der Waals surface area contributed by atoms with Crippen LogP contribution < -0.4 is 11.3 Å². The smallest absolute Gasteiger partial charge is 0.265 e. The molecule has 3 rings (SSSR count). The van der Waals surface area contributed by atoms with E-state index in [4.69, 9.17) is 16.0 Å². The summed E-state index contributed by atoms with van der Waals surface area (Å²) < 4.78 is 1.61. The lowest BCUT2D eigenvalue weighted by Crippen LogP contribution is -2.25. The Hall–Kier alpha value is -3.13. The molecule has 0 fully saturated rings. The Kier molecular flexibility index (Phi) is 3.82. The Balaban J connectivity index is 2.40. The zero-order chi connectivity index (χ0) is 17.4. The zero-order valence-electron chi connectivity index (χ0n) is 13.9. The second-order valence-corrected chi connectivity index (χ2v) is 6.10. The monoisotopic (exact) mass is 318 g/mol. The molecule has 0 bridgehead atoms. The fraction of sp³-hybridized carbons (Fsp3) is 0.211. The summed E-state index contributed by atoms with van der Waals surface area (Å²) in [5.41, 5.74) is 9.18. The van der Waals surface area contributed by atoms with Gasteiger partial charge in [-0.1, -0.05) is 13.8 Å². The number of aryl methyl sites for hydroxylation is 1. The first-order valence-corrected chi connectivity index (χ1v) is 7.76. The number of nitrogens with two attached hydrogens (primary N) is 1. The summed E-state index contributed by atoms with van der Waals surface area (Å²) in [4.78, 5) is 17.8. The Morgan fingerprint density at radius 1 is 1.17 bits per heavy atom. The second kappa shape index (κ2) is 5.82. The highest BCUT2D eigenvalue weighted by molar-refractivity contribution is 5.85. The third kappa shape index (κ3) is 2.42. The van der Waals surface area contributed by atoms with Gasteiger partial charge >= 0.3 is 0 Å². The van der Waals surface area contributed by atoms with Crippen molar-refractivity contribution in [3.05, 3.63) is 63.7 Å². The van der Waals surface area contributed by atoms with E-state index in [1.807, 2.05) is 20.8 Å².